The van der Waals surface area contributed by atoms with Crippen molar-refractivity contribution in [1.29, 1.82) is 0 Å². The Morgan fingerprint density at radius 1 is 1.48 bits per heavy atom. The number of hydrogen-bond donors (Lipinski definition) is 2. The van der Waals surface area contributed by atoms with Gasteiger partial charge in [0.05, 0.1) is 5.01 Å². The van der Waals surface area contributed by atoms with Crippen molar-refractivity contribution in [3.05, 3.63) is 46.2 Å². The van der Waals surface area contributed by atoms with Gasteiger partial charge in [0.1, 0.15) is 10.7 Å². The van der Waals surface area contributed by atoms with Crippen LogP contribution in [0.15, 0.2) is 34.7 Å². The molecule has 3 N–H and O–H groups in total. The van der Waals surface area contributed by atoms with Gasteiger partial charge < -0.3 is 5.73 Å². The third kappa shape index (κ3) is 3.85. The van der Waals surface area contributed by atoms with Crippen molar-refractivity contribution in [2.75, 3.05) is 6.54 Å². The Morgan fingerprint density at radius 2 is 2.24 bits per heavy atom. The maximum absolute atomic E-state index is 13.7. The zero-order valence-corrected chi connectivity index (χ0v) is 13.0. The summed E-state index contributed by atoms with van der Waals surface area (Å²) in [5.41, 5.74) is 6.01. The van der Waals surface area contributed by atoms with E-state index in [0.717, 1.165) is 11.1 Å². The number of nitrogens with one attached hydrogen (secondary N) is 1. The van der Waals surface area contributed by atoms with Gasteiger partial charge in [-0.15, -0.1) is 11.3 Å². The number of thiazole rings is 1. The van der Waals surface area contributed by atoms with E-state index in [1.807, 2.05) is 12.3 Å². The average molecular weight is 329 g/mol. The van der Waals surface area contributed by atoms with Crippen LogP contribution in [0.4, 0.5) is 4.39 Å². The molecular weight excluding hydrogens is 313 g/mol. The number of sulfonamides is 1. The van der Waals surface area contributed by atoms with Gasteiger partial charge in [0.15, 0.2) is 0 Å². The number of benzene rings is 1. The third-order valence-corrected chi connectivity index (χ3v) is 5.42. The molecule has 0 aliphatic rings. The summed E-state index contributed by atoms with van der Waals surface area (Å²) in [6.45, 7) is 2.16. The highest BCUT2D eigenvalue weighted by Gasteiger charge is 2.21. The summed E-state index contributed by atoms with van der Waals surface area (Å²) in [5, 5.41) is 2.65. The number of nitrogens with zero attached hydrogens (tertiary/aromatic N) is 1. The number of rotatable bonds is 6. The molecule has 5 nitrogen and oxygen atoms in total. The quantitative estimate of drug-likeness (QED) is 0.846. The zero-order chi connectivity index (χ0) is 15.5. The molecule has 0 radical (unpaired) electrons. The first-order chi connectivity index (χ1) is 9.94. The second-order valence-corrected chi connectivity index (χ2v) is 7.25. The first-order valence-electron chi connectivity index (χ1n) is 6.31. The minimum atomic E-state index is -3.91. The summed E-state index contributed by atoms with van der Waals surface area (Å²) < 4.78 is 40.5. The molecule has 0 aliphatic heterocycles. The Kier molecular flexibility index (Phi) is 5.04. The van der Waals surface area contributed by atoms with Crippen LogP contribution in [0, 0.1) is 5.82 Å². The Bertz CT molecular complexity index is 702. The van der Waals surface area contributed by atoms with E-state index < -0.39 is 15.8 Å². The van der Waals surface area contributed by atoms with Crippen LogP contribution < -0.4 is 10.5 Å². The van der Waals surface area contributed by atoms with E-state index in [0.29, 0.717) is 5.56 Å². The van der Waals surface area contributed by atoms with Gasteiger partial charge in [0.25, 0.3) is 0 Å². The van der Waals surface area contributed by atoms with Crippen molar-refractivity contribution >= 4 is 21.4 Å². The molecule has 0 spiro atoms. The van der Waals surface area contributed by atoms with Crippen molar-refractivity contribution in [3.63, 3.8) is 0 Å². The maximum Gasteiger partial charge on any atom is 0.243 e. The molecule has 1 heterocycles. The van der Waals surface area contributed by atoms with Crippen LogP contribution >= 0.6 is 11.3 Å². The fourth-order valence-corrected chi connectivity index (χ4v) is 3.71. The van der Waals surface area contributed by atoms with Crippen molar-refractivity contribution in [3.8, 4) is 0 Å². The predicted octanol–water partition coefficient (Wildman–Crippen LogP) is 1.82. The SMILES string of the molecule is CC(CNS(=O)(=O)c1cc(CN)ccc1F)c1nccs1. The first-order valence-corrected chi connectivity index (χ1v) is 8.68. The zero-order valence-electron chi connectivity index (χ0n) is 11.4. The van der Waals surface area contributed by atoms with Crippen molar-refractivity contribution in [2.24, 2.45) is 5.73 Å². The lowest BCUT2D eigenvalue weighted by molar-refractivity contribution is 0.552. The summed E-state index contributed by atoms with van der Waals surface area (Å²) >= 11 is 1.45. The highest BCUT2D eigenvalue weighted by Crippen LogP contribution is 2.19. The van der Waals surface area contributed by atoms with E-state index in [1.54, 1.807) is 6.20 Å². The molecule has 114 valence electrons. The minimum Gasteiger partial charge on any atom is -0.326 e. The van der Waals surface area contributed by atoms with Crippen molar-refractivity contribution < 1.29 is 12.8 Å². The van der Waals surface area contributed by atoms with Crippen LogP contribution in [0.2, 0.25) is 0 Å². The standard InChI is InChI=1S/C13H16FN3O2S2/c1-9(13-16-4-5-20-13)8-17-21(18,19)12-6-10(7-15)2-3-11(12)14/h2-6,9,17H,7-8,15H2,1H3. The maximum atomic E-state index is 13.7. The van der Waals surface area contributed by atoms with Gasteiger partial charge in [-0.25, -0.2) is 22.5 Å². The van der Waals surface area contributed by atoms with Gasteiger partial charge in [-0.05, 0) is 17.7 Å². The van der Waals surface area contributed by atoms with Crippen LogP contribution in [-0.4, -0.2) is 19.9 Å². The molecule has 1 aromatic heterocycles. The molecule has 0 saturated carbocycles. The number of aromatic nitrogens is 1. The van der Waals surface area contributed by atoms with E-state index in [4.69, 9.17) is 5.73 Å². The number of halogens is 1. The van der Waals surface area contributed by atoms with Crippen molar-refractivity contribution in [2.45, 2.75) is 24.3 Å². The highest BCUT2D eigenvalue weighted by molar-refractivity contribution is 7.89. The second-order valence-electron chi connectivity index (χ2n) is 4.59. The van der Waals surface area contributed by atoms with Gasteiger partial charge in [0, 0.05) is 30.6 Å². The minimum absolute atomic E-state index is 0.0828. The molecule has 0 aliphatic carbocycles. The molecule has 1 unspecified atom stereocenters. The fourth-order valence-electron chi connectivity index (χ4n) is 1.76. The van der Waals surface area contributed by atoms with E-state index in [2.05, 4.69) is 9.71 Å². The Labute approximate surface area is 127 Å². The van der Waals surface area contributed by atoms with E-state index >= 15 is 0 Å². The molecule has 8 heteroatoms. The van der Waals surface area contributed by atoms with Gasteiger partial charge in [0.2, 0.25) is 10.0 Å². The Morgan fingerprint density at radius 3 is 2.86 bits per heavy atom. The van der Waals surface area contributed by atoms with E-state index in [-0.39, 0.29) is 23.9 Å². The number of hydrogen-bond acceptors (Lipinski definition) is 5. The lowest BCUT2D eigenvalue weighted by atomic mass is 10.2. The first kappa shape index (κ1) is 16.0. The van der Waals surface area contributed by atoms with Gasteiger partial charge >= 0.3 is 0 Å². The van der Waals surface area contributed by atoms with Crippen LogP contribution in [0.1, 0.15) is 23.4 Å². The van der Waals surface area contributed by atoms with Crippen molar-refractivity contribution in [1.82, 2.24) is 9.71 Å². The van der Waals surface area contributed by atoms with Gasteiger partial charge in [-0.2, -0.15) is 0 Å². The normalized spacial score (nSPS) is 13.3. The second kappa shape index (κ2) is 6.61. The summed E-state index contributed by atoms with van der Waals surface area (Å²) in [7, 11) is -3.91. The molecule has 0 bridgehead atoms. The molecule has 1 aromatic carbocycles. The van der Waals surface area contributed by atoms with Crippen LogP contribution in [-0.2, 0) is 16.6 Å². The van der Waals surface area contributed by atoms with Gasteiger partial charge in [-0.1, -0.05) is 13.0 Å². The molecule has 0 amide bonds. The fraction of sp³-hybridized carbons (Fsp3) is 0.308. The smallest absolute Gasteiger partial charge is 0.243 e. The molecule has 0 saturated heterocycles. The largest absolute Gasteiger partial charge is 0.326 e. The van der Waals surface area contributed by atoms with Crippen LogP contribution in [0.5, 0.6) is 0 Å². The summed E-state index contributed by atoms with van der Waals surface area (Å²) in [6, 6.07) is 3.83. The lowest BCUT2D eigenvalue weighted by Crippen LogP contribution is -2.28. The van der Waals surface area contributed by atoms with Crippen LogP contribution in [0.25, 0.3) is 0 Å². The van der Waals surface area contributed by atoms with E-state index in [9.17, 15) is 12.8 Å². The molecular formula is C13H16FN3O2S2. The lowest BCUT2D eigenvalue weighted by Gasteiger charge is -2.12. The topological polar surface area (TPSA) is 85.1 Å². The Hall–Kier alpha value is -1.35. The molecule has 1 atom stereocenters. The Balaban J connectivity index is 2.15. The summed E-state index contributed by atoms with van der Waals surface area (Å²) in [6.07, 6.45) is 1.66. The predicted molar refractivity (Wildman–Crippen MR) is 80.0 cm³/mol. The van der Waals surface area contributed by atoms with E-state index in [1.165, 1.54) is 23.5 Å². The molecule has 0 fully saturated rings. The third-order valence-electron chi connectivity index (χ3n) is 2.97. The highest BCUT2D eigenvalue weighted by atomic mass is 32.2. The number of nitrogens with two attached hydrogens (primary N) is 1. The molecule has 2 aromatic rings. The molecule has 2 rings (SSSR count). The summed E-state index contributed by atoms with van der Waals surface area (Å²) in [5.74, 6) is -0.873. The average Bonchev–Trinajstić information content (AvgIpc) is 2.99. The van der Waals surface area contributed by atoms with Gasteiger partial charge in [-0.3, -0.25) is 0 Å². The molecule has 21 heavy (non-hydrogen) atoms. The monoisotopic (exact) mass is 329 g/mol. The van der Waals surface area contributed by atoms with Crippen LogP contribution in [0.3, 0.4) is 0 Å². The summed E-state index contributed by atoms with van der Waals surface area (Å²) in [4.78, 5) is 3.75.